The van der Waals surface area contributed by atoms with E-state index in [0.29, 0.717) is 22.9 Å². The van der Waals surface area contributed by atoms with E-state index in [9.17, 15) is 4.79 Å². The number of carbonyl (C=O) groups is 1. The van der Waals surface area contributed by atoms with Crippen molar-refractivity contribution in [1.29, 1.82) is 0 Å². The van der Waals surface area contributed by atoms with Gasteiger partial charge in [0, 0.05) is 19.3 Å². The Hall–Kier alpha value is -1.29. The summed E-state index contributed by atoms with van der Waals surface area (Å²) in [6.07, 6.45) is 1.51. The van der Waals surface area contributed by atoms with Crippen LogP contribution >= 0.6 is 11.6 Å². The lowest BCUT2D eigenvalue weighted by Crippen LogP contribution is -2.22. The summed E-state index contributed by atoms with van der Waals surface area (Å²) < 4.78 is 0. The Labute approximate surface area is 94.0 Å². The fraction of sp³-hybridized carbons (Fsp3) is 0.400. The maximum Gasteiger partial charge on any atom is 0.252 e. The molecule has 0 atom stereocenters. The normalized spacial score (nSPS) is 9.80. The van der Waals surface area contributed by atoms with Crippen LogP contribution in [0.5, 0.6) is 0 Å². The fourth-order valence-corrected chi connectivity index (χ4v) is 1.36. The van der Waals surface area contributed by atoms with E-state index in [-0.39, 0.29) is 5.91 Å². The van der Waals surface area contributed by atoms with Crippen molar-refractivity contribution in [3.63, 3.8) is 0 Å². The summed E-state index contributed by atoms with van der Waals surface area (Å²) in [5.41, 5.74) is 0.475. The number of hydrogen-bond acceptors (Lipinski definition) is 3. The number of anilines is 1. The molecular weight excluding hydrogens is 214 g/mol. The summed E-state index contributed by atoms with van der Waals surface area (Å²) in [6, 6.07) is 1.61. The molecule has 0 fully saturated rings. The van der Waals surface area contributed by atoms with Crippen molar-refractivity contribution in [2.24, 2.45) is 0 Å². The SMILES string of the molecule is CCNC(=O)c1cnc(NCC)c(Cl)c1. The number of amides is 1. The van der Waals surface area contributed by atoms with Crippen LogP contribution in [0.25, 0.3) is 0 Å². The fourth-order valence-electron chi connectivity index (χ4n) is 1.12. The zero-order valence-corrected chi connectivity index (χ0v) is 9.56. The molecule has 0 bridgehead atoms. The van der Waals surface area contributed by atoms with Crippen LogP contribution in [0.4, 0.5) is 5.82 Å². The Balaban J connectivity index is 2.86. The van der Waals surface area contributed by atoms with Crippen molar-refractivity contribution in [3.05, 3.63) is 22.8 Å². The molecule has 1 rings (SSSR count). The molecule has 0 saturated carbocycles. The van der Waals surface area contributed by atoms with Gasteiger partial charge in [-0.1, -0.05) is 11.6 Å². The average molecular weight is 228 g/mol. The quantitative estimate of drug-likeness (QED) is 0.826. The Bertz CT molecular complexity index is 355. The van der Waals surface area contributed by atoms with Gasteiger partial charge in [-0.3, -0.25) is 4.79 Å². The molecule has 0 aliphatic carbocycles. The predicted octanol–water partition coefficient (Wildman–Crippen LogP) is 1.92. The van der Waals surface area contributed by atoms with Crippen LogP contribution in [0.2, 0.25) is 5.02 Å². The Morgan fingerprint density at radius 3 is 2.73 bits per heavy atom. The summed E-state index contributed by atoms with van der Waals surface area (Å²) >= 11 is 5.95. The average Bonchev–Trinajstić information content (AvgIpc) is 2.21. The van der Waals surface area contributed by atoms with Crippen LogP contribution < -0.4 is 10.6 Å². The summed E-state index contributed by atoms with van der Waals surface area (Å²) in [5.74, 6) is 0.446. The van der Waals surface area contributed by atoms with E-state index in [1.807, 2.05) is 13.8 Å². The molecule has 0 aliphatic heterocycles. The van der Waals surface area contributed by atoms with Crippen molar-refractivity contribution < 1.29 is 4.79 Å². The van der Waals surface area contributed by atoms with E-state index < -0.39 is 0 Å². The largest absolute Gasteiger partial charge is 0.369 e. The van der Waals surface area contributed by atoms with Crippen LogP contribution in [0.3, 0.4) is 0 Å². The zero-order valence-electron chi connectivity index (χ0n) is 8.80. The Kier molecular flexibility index (Phi) is 4.37. The van der Waals surface area contributed by atoms with E-state index >= 15 is 0 Å². The number of pyridine rings is 1. The number of halogens is 1. The second-order valence-corrected chi connectivity index (χ2v) is 3.35. The number of nitrogens with one attached hydrogen (secondary N) is 2. The van der Waals surface area contributed by atoms with Crippen LogP contribution in [-0.2, 0) is 0 Å². The maximum atomic E-state index is 11.4. The molecular formula is C10H14ClN3O. The van der Waals surface area contributed by atoms with E-state index in [1.54, 1.807) is 6.07 Å². The lowest BCUT2D eigenvalue weighted by molar-refractivity contribution is 0.0955. The molecule has 0 spiro atoms. The van der Waals surface area contributed by atoms with Crippen LogP contribution in [0.15, 0.2) is 12.3 Å². The summed E-state index contributed by atoms with van der Waals surface area (Å²) in [7, 11) is 0. The molecule has 4 nitrogen and oxygen atoms in total. The molecule has 0 saturated heterocycles. The second-order valence-electron chi connectivity index (χ2n) is 2.94. The van der Waals surface area contributed by atoms with Gasteiger partial charge in [0.25, 0.3) is 5.91 Å². The second kappa shape index (κ2) is 5.56. The monoisotopic (exact) mass is 227 g/mol. The molecule has 0 radical (unpaired) electrons. The van der Waals surface area contributed by atoms with Gasteiger partial charge in [0.1, 0.15) is 5.82 Å². The standard InChI is InChI=1S/C10H14ClN3O/c1-3-12-9-8(11)5-7(6-14-9)10(15)13-4-2/h5-6H,3-4H2,1-2H3,(H,12,14)(H,13,15). The molecule has 5 heteroatoms. The van der Waals surface area contributed by atoms with Crippen molar-refractivity contribution in [2.75, 3.05) is 18.4 Å². The highest BCUT2D eigenvalue weighted by Gasteiger charge is 2.08. The summed E-state index contributed by atoms with van der Waals surface area (Å²) in [6.45, 7) is 5.15. The smallest absolute Gasteiger partial charge is 0.252 e. The minimum Gasteiger partial charge on any atom is -0.369 e. The molecule has 1 amide bonds. The zero-order chi connectivity index (χ0) is 11.3. The number of hydrogen-bond donors (Lipinski definition) is 2. The van der Waals surface area contributed by atoms with Crippen molar-refractivity contribution in [2.45, 2.75) is 13.8 Å². The molecule has 0 aromatic carbocycles. The van der Waals surface area contributed by atoms with Gasteiger partial charge in [-0.15, -0.1) is 0 Å². The topological polar surface area (TPSA) is 54.0 Å². The minimum atomic E-state index is -0.157. The van der Waals surface area contributed by atoms with E-state index in [1.165, 1.54) is 6.20 Å². The third-order valence-corrected chi connectivity index (χ3v) is 2.07. The molecule has 1 heterocycles. The van der Waals surface area contributed by atoms with Crippen LogP contribution in [0, 0.1) is 0 Å². The van der Waals surface area contributed by atoms with Gasteiger partial charge in [-0.2, -0.15) is 0 Å². The number of carbonyl (C=O) groups excluding carboxylic acids is 1. The molecule has 0 unspecified atom stereocenters. The molecule has 82 valence electrons. The minimum absolute atomic E-state index is 0.157. The third kappa shape index (κ3) is 3.09. The number of aromatic nitrogens is 1. The third-order valence-electron chi connectivity index (χ3n) is 1.78. The van der Waals surface area contributed by atoms with Crippen molar-refractivity contribution in [3.8, 4) is 0 Å². The van der Waals surface area contributed by atoms with E-state index in [2.05, 4.69) is 15.6 Å². The van der Waals surface area contributed by atoms with Gasteiger partial charge in [0.2, 0.25) is 0 Å². The van der Waals surface area contributed by atoms with Crippen molar-refractivity contribution in [1.82, 2.24) is 10.3 Å². The summed E-state index contributed by atoms with van der Waals surface area (Å²) in [4.78, 5) is 15.5. The first kappa shape index (κ1) is 11.8. The molecule has 15 heavy (non-hydrogen) atoms. The highest BCUT2D eigenvalue weighted by atomic mass is 35.5. The van der Waals surface area contributed by atoms with Gasteiger partial charge in [0.15, 0.2) is 0 Å². The van der Waals surface area contributed by atoms with E-state index in [0.717, 1.165) is 6.54 Å². The predicted molar refractivity (Wildman–Crippen MR) is 61.4 cm³/mol. The molecule has 1 aromatic rings. The first-order valence-corrected chi connectivity index (χ1v) is 5.24. The van der Waals surface area contributed by atoms with Gasteiger partial charge in [0.05, 0.1) is 10.6 Å². The maximum absolute atomic E-state index is 11.4. The highest BCUT2D eigenvalue weighted by molar-refractivity contribution is 6.33. The van der Waals surface area contributed by atoms with Gasteiger partial charge < -0.3 is 10.6 Å². The van der Waals surface area contributed by atoms with Gasteiger partial charge >= 0.3 is 0 Å². The highest BCUT2D eigenvalue weighted by Crippen LogP contribution is 2.19. The Morgan fingerprint density at radius 2 is 2.20 bits per heavy atom. The first-order chi connectivity index (χ1) is 7.19. The molecule has 1 aromatic heterocycles. The van der Waals surface area contributed by atoms with Crippen LogP contribution in [-0.4, -0.2) is 24.0 Å². The Morgan fingerprint density at radius 1 is 1.47 bits per heavy atom. The first-order valence-electron chi connectivity index (χ1n) is 4.86. The van der Waals surface area contributed by atoms with Gasteiger partial charge in [-0.25, -0.2) is 4.98 Å². The van der Waals surface area contributed by atoms with E-state index in [4.69, 9.17) is 11.6 Å². The van der Waals surface area contributed by atoms with Crippen molar-refractivity contribution >= 4 is 23.3 Å². The lowest BCUT2D eigenvalue weighted by atomic mass is 10.2. The summed E-state index contributed by atoms with van der Waals surface area (Å²) in [5, 5.41) is 6.14. The number of rotatable bonds is 4. The molecule has 0 aliphatic rings. The number of nitrogens with zero attached hydrogens (tertiary/aromatic N) is 1. The lowest BCUT2D eigenvalue weighted by Gasteiger charge is -2.06. The van der Waals surface area contributed by atoms with Gasteiger partial charge in [-0.05, 0) is 19.9 Å². The van der Waals surface area contributed by atoms with Crippen LogP contribution in [0.1, 0.15) is 24.2 Å². The molecule has 2 N–H and O–H groups in total.